The van der Waals surface area contributed by atoms with Crippen LogP contribution in [0.1, 0.15) is 62.9 Å². The van der Waals surface area contributed by atoms with Gasteiger partial charge in [0.15, 0.2) is 0 Å². The van der Waals surface area contributed by atoms with Gasteiger partial charge in [0.05, 0.1) is 21.6 Å². The van der Waals surface area contributed by atoms with E-state index in [4.69, 9.17) is 16.3 Å². The molecule has 57 heavy (non-hydrogen) atoms. The number of benzene rings is 3. The maximum absolute atomic E-state index is 13.8. The number of rotatable bonds is 12. The zero-order valence-electron chi connectivity index (χ0n) is 32.3. The molecule has 13 nitrogen and oxygen atoms in total. The van der Waals surface area contributed by atoms with Gasteiger partial charge >= 0.3 is 0 Å². The fraction of sp³-hybridized carbons (Fsp3) is 0.333. The smallest absolute Gasteiger partial charge is 0.293 e. The predicted octanol–water partition coefficient (Wildman–Crippen LogP) is 8.64. The molecule has 2 aliphatic rings. The van der Waals surface area contributed by atoms with Crippen molar-refractivity contribution < 1.29 is 22.9 Å². The lowest BCUT2D eigenvalue weighted by molar-refractivity contribution is -0.384. The van der Waals surface area contributed by atoms with Crippen LogP contribution in [0.3, 0.4) is 0 Å². The molecule has 15 heteroatoms. The molecule has 1 fully saturated rings. The third-order valence-electron chi connectivity index (χ3n) is 10.5. The first-order valence-corrected chi connectivity index (χ1v) is 20.8. The average Bonchev–Trinajstić information content (AvgIpc) is 3.64. The lowest BCUT2D eigenvalue weighted by atomic mass is 9.72. The number of pyridine rings is 1. The SMILES string of the molecule is CC(C)Nc1ccc(S(=O)(=O)NC(=O)c2ccc(N3CCN(CC4=C(c5ccc(Cl)cc5)CC(C)(C)CC4)CC3)cc2Oc2cnc3[nH]ccc3c2)cc1[N+](=O)[O-]. The van der Waals surface area contributed by atoms with Crippen molar-refractivity contribution in [2.24, 2.45) is 5.41 Å². The minimum Gasteiger partial charge on any atom is -0.455 e. The fourth-order valence-corrected chi connectivity index (χ4v) is 8.59. The van der Waals surface area contributed by atoms with Crippen molar-refractivity contribution in [2.45, 2.75) is 57.9 Å². The van der Waals surface area contributed by atoms with Gasteiger partial charge < -0.3 is 19.9 Å². The van der Waals surface area contributed by atoms with Crippen LogP contribution in [0.15, 0.2) is 95.7 Å². The Morgan fingerprint density at radius 1 is 1.04 bits per heavy atom. The van der Waals surface area contributed by atoms with Crippen molar-refractivity contribution in [3.8, 4) is 11.5 Å². The first-order chi connectivity index (χ1) is 27.1. The number of aromatic nitrogens is 2. The minimum absolute atomic E-state index is 0.0374. The number of halogens is 1. The molecule has 1 amide bonds. The highest BCUT2D eigenvalue weighted by molar-refractivity contribution is 7.90. The summed E-state index contributed by atoms with van der Waals surface area (Å²) in [6, 6.07) is 20.2. The van der Waals surface area contributed by atoms with Gasteiger partial charge in [0.25, 0.3) is 21.6 Å². The fourth-order valence-electron chi connectivity index (χ4n) is 7.48. The van der Waals surface area contributed by atoms with Gasteiger partial charge in [-0.15, -0.1) is 0 Å². The number of H-pyrrole nitrogens is 1. The number of hydrogen-bond acceptors (Lipinski definition) is 10. The number of aromatic amines is 1. The van der Waals surface area contributed by atoms with Crippen molar-refractivity contribution in [2.75, 3.05) is 42.9 Å². The Kier molecular flexibility index (Phi) is 11.3. The third-order valence-corrected chi connectivity index (χ3v) is 12.1. The molecule has 1 aliphatic carbocycles. The Bertz CT molecular complexity index is 2460. The van der Waals surface area contributed by atoms with Gasteiger partial charge in [0.2, 0.25) is 0 Å². The monoisotopic (exact) mass is 811 g/mol. The number of carbonyl (C=O) groups is 1. The number of amides is 1. The molecule has 0 spiro atoms. The van der Waals surface area contributed by atoms with E-state index in [1.807, 2.05) is 18.2 Å². The normalized spacial score (nSPS) is 16.2. The van der Waals surface area contributed by atoms with E-state index in [1.165, 1.54) is 41.1 Å². The molecule has 0 atom stereocenters. The van der Waals surface area contributed by atoms with Gasteiger partial charge in [0, 0.05) is 73.2 Å². The van der Waals surface area contributed by atoms with Crippen molar-refractivity contribution in [1.29, 1.82) is 0 Å². The van der Waals surface area contributed by atoms with Gasteiger partial charge in [-0.3, -0.25) is 19.8 Å². The first kappa shape index (κ1) is 39.8. The van der Waals surface area contributed by atoms with Crippen LogP contribution in [0.2, 0.25) is 5.02 Å². The Morgan fingerprint density at radius 2 is 1.79 bits per heavy atom. The molecular formula is C42H46ClN7O6S. The van der Waals surface area contributed by atoms with Crippen LogP contribution >= 0.6 is 11.6 Å². The Labute approximate surface area is 337 Å². The first-order valence-electron chi connectivity index (χ1n) is 19.0. The second-order valence-corrected chi connectivity index (χ2v) is 17.9. The summed E-state index contributed by atoms with van der Waals surface area (Å²) in [6.07, 6.45) is 6.48. The summed E-state index contributed by atoms with van der Waals surface area (Å²) in [5, 5.41) is 16.3. The number of sulfonamides is 1. The Morgan fingerprint density at radius 3 is 2.51 bits per heavy atom. The number of fused-ring (bicyclic) bond motifs is 1. The van der Waals surface area contributed by atoms with E-state index in [0.717, 1.165) is 74.1 Å². The molecule has 1 aliphatic heterocycles. The highest BCUT2D eigenvalue weighted by atomic mass is 35.5. The van der Waals surface area contributed by atoms with E-state index >= 15 is 0 Å². The molecule has 2 aromatic heterocycles. The van der Waals surface area contributed by atoms with E-state index in [0.29, 0.717) is 11.4 Å². The average molecular weight is 812 g/mol. The van der Waals surface area contributed by atoms with Crippen molar-refractivity contribution in [3.05, 3.63) is 117 Å². The molecular weight excluding hydrogens is 766 g/mol. The van der Waals surface area contributed by atoms with E-state index in [9.17, 15) is 23.3 Å². The molecule has 0 saturated carbocycles. The van der Waals surface area contributed by atoms with Gasteiger partial charge in [-0.05, 0) is 98.2 Å². The number of allylic oxidation sites excluding steroid dienone is 1. The van der Waals surface area contributed by atoms with Gasteiger partial charge in [-0.2, -0.15) is 0 Å². The summed E-state index contributed by atoms with van der Waals surface area (Å²) in [5.41, 5.74) is 5.51. The third kappa shape index (κ3) is 9.25. The molecule has 298 valence electrons. The van der Waals surface area contributed by atoms with Crippen LogP contribution in [0.5, 0.6) is 11.5 Å². The highest BCUT2D eigenvalue weighted by Crippen LogP contribution is 2.43. The van der Waals surface area contributed by atoms with Gasteiger partial charge in [0.1, 0.15) is 22.8 Å². The number of nitro benzene ring substituents is 1. The summed E-state index contributed by atoms with van der Waals surface area (Å²) < 4.78 is 35.4. The molecule has 0 radical (unpaired) electrons. The Balaban J connectivity index is 1.12. The van der Waals surface area contributed by atoms with Gasteiger partial charge in [-0.25, -0.2) is 18.1 Å². The number of hydrogen-bond donors (Lipinski definition) is 3. The second kappa shape index (κ2) is 16.2. The van der Waals surface area contributed by atoms with Crippen LogP contribution in [-0.4, -0.2) is 72.9 Å². The summed E-state index contributed by atoms with van der Waals surface area (Å²) in [7, 11) is -4.53. The van der Waals surface area contributed by atoms with Crippen molar-refractivity contribution >= 4 is 61.2 Å². The zero-order chi connectivity index (χ0) is 40.5. The number of carbonyl (C=O) groups excluding carboxylic acids is 1. The standard InChI is InChI=1S/C42H46ClN7O6S/c1-27(2)46-37-12-10-34(23-38(37)50(52)53)57(54,55)47-41(51)35-11-9-32(22-39(35)56-33-21-29-14-16-44-40(29)45-25-33)49-19-17-48(18-20-49)26-30-13-15-42(3,4)24-36(30)28-5-7-31(43)8-6-28/h5-12,14,16,21-23,25,27,46H,13,15,17-20,24,26H2,1-4H3,(H,44,45)(H,47,51). The molecule has 0 bridgehead atoms. The van der Waals surface area contributed by atoms with Crippen LogP contribution in [0, 0.1) is 15.5 Å². The lowest BCUT2D eigenvalue weighted by Gasteiger charge is -2.39. The van der Waals surface area contributed by atoms with E-state index < -0.39 is 31.4 Å². The number of piperazine rings is 1. The molecule has 7 rings (SSSR count). The predicted molar refractivity (Wildman–Crippen MR) is 224 cm³/mol. The summed E-state index contributed by atoms with van der Waals surface area (Å²) >= 11 is 6.23. The molecule has 3 aromatic carbocycles. The van der Waals surface area contributed by atoms with E-state index in [2.05, 4.69) is 55.8 Å². The van der Waals surface area contributed by atoms with E-state index in [1.54, 1.807) is 38.2 Å². The van der Waals surface area contributed by atoms with Crippen LogP contribution < -0.4 is 19.7 Å². The molecule has 1 saturated heterocycles. The maximum atomic E-state index is 13.8. The molecule has 3 heterocycles. The number of nitrogens with one attached hydrogen (secondary N) is 3. The second-order valence-electron chi connectivity index (χ2n) is 15.7. The largest absolute Gasteiger partial charge is 0.455 e. The zero-order valence-corrected chi connectivity index (χ0v) is 33.9. The number of nitrogens with zero attached hydrogens (tertiary/aromatic N) is 4. The summed E-state index contributed by atoms with van der Waals surface area (Å²) in [4.78, 5) is 36.7. The number of ether oxygens (including phenoxy) is 1. The minimum atomic E-state index is -4.53. The van der Waals surface area contributed by atoms with Crippen molar-refractivity contribution in [3.63, 3.8) is 0 Å². The van der Waals surface area contributed by atoms with Crippen LogP contribution in [-0.2, 0) is 10.0 Å². The molecule has 3 N–H and O–H groups in total. The van der Waals surface area contributed by atoms with E-state index in [-0.39, 0.29) is 28.5 Å². The maximum Gasteiger partial charge on any atom is 0.293 e. The van der Waals surface area contributed by atoms with Crippen LogP contribution in [0.4, 0.5) is 17.1 Å². The highest BCUT2D eigenvalue weighted by Gasteiger charge is 2.30. The van der Waals surface area contributed by atoms with Crippen LogP contribution in [0.25, 0.3) is 16.6 Å². The summed E-state index contributed by atoms with van der Waals surface area (Å²) in [5.74, 6) is -0.473. The topological polar surface area (TPSA) is 163 Å². The van der Waals surface area contributed by atoms with Crippen molar-refractivity contribution in [1.82, 2.24) is 19.6 Å². The Hall–Kier alpha value is -5.44. The quantitative estimate of drug-likeness (QED) is 0.0821. The lowest BCUT2D eigenvalue weighted by Crippen LogP contribution is -2.47. The number of anilines is 2. The summed E-state index contributed by atoms with van der Waals surface area (Å²) in [6.45, 7) is 12.3. The molecule has 0 unspecified atom stereocenters. The molecule has 5 aromatic rings. The van der Waals surface area contributed by atoms with Gasteiger partial charge in [-0.1, -0.05) is 43.2 Å². The number of nitro groups is 1.